The molecule has 1 rings (SSSR count). The van der Waals surface area contributed by atoms with Crippen molar-refractivity contribution in [2.45, 2.75) is 40.5 Å². The summed E-state index contributed by atoms with van der Waals surface area (Å²) in [5.41, 5.74) is 0.413. The molecule has 0 amide bonds. The van der Waals surface area contributed by atoms with Crippen molar-refractivity contribution >= 4 is 0 Å². The maximum atomic E-state index is 3.54. The van der Waals surface area contributed by atoms with Gasteiger partial charge in [-0.05, 0) is 37.3 Å². The van der Waals surface area contributed by atoms with E-state index in [9.17, 15) is 0 Å². The van der Waals surface area contributed by atoms with Crippen LogP contribution >= 0.6 is 0 Å². The summed E-state index contributed by atoms with van der Waals surface area (Å²) in [5, 5.41) is 3.54. The number of likely N-dealkylation sites (tertiary alicyclic amines) is 1. The molecule has 2 nitrogen and oxygen atoms in total. The molecule has 0 spiro atoms. The molecule has 0 saturated carbocycles. The van der Waals surface area contributed by atoms with Gasteiger partial charge >= 0.3 is 0 Å². The van der Waals surface area contributed by atoms with E-state index in [4.69, 9.17) is 0 Å². The van der Waals surface area contributed by atoms with Gasteiger partial charge in [0.1, 0.15) is 0 Å². The molecule has 15 heavy (non-hydrogen) atoms. The lowest BCUT2D eigenvalue weighted by molar-refractivity contribution is 0.191. The van der Waals surface area contributed by atoms with Gasteiger partial charge in [-0.25, -0.2) is 0 Å². The zero-order chi connectivity index (χ0) is 11.3. The molecule has 1 aliphatic heterocycles. The van der Waals surface area contributed by atoms with Gasteiger partial charge in [-0.3, -0.25) is 0 Å². The molecule has 1 heterocycles. The molecule has 1 saturated heterocycles. The first-order chi connectivity index (χ1) is 6.97. The van der Waals surface area contributed by atoms with Crippen molar-refractivity contribution in [3.63, 3.8) is 0 Å². The Morgan fingerprint density at radius 2 is 1.80 bits per heavy atom. The Kier molecular flexibility index (Phi) is 5.07. The van der Waals surface area contributed by atoms with Gasteiger partial charge in [-0.15, -0.1) is 0 Å². The summed E-state index contributed by atoms with van der Waals surface area (Å²) in [4.78, 5) is 2.59. The summed E-state index contributed by atoms with van der Waals surface area (Å²) >= 11 is 0. The van der Waals surface area contributed by atoms with Crippen LogP contribution in [0.2, 0.25) is 0 Å². The molecular weight excluding hydrogens is 184 g/mol. The van der Waals surface area contributed by atoms with Crippen molar-refractivity contribution in [2.75, 3.05) is 32.7 Å². The molecule has 1 aliphatic rings. The maximum absolute atomic E-state index is 3.54. The van der Waals surface area contributed by atoms with E-state index in [1.54, 1.807) is 0 Å². The predicted molar refractivity (Wildman–Crippen MR) is 67.2 cm³/mol. The second-order valence-corrected chi connectivity index (χ2v) is 6.26. The third-order valence-electron chi connectivity index (χ3n) is 3.14. The second-order valence-electron chi connectivity index (χ2n) is 6.26. The number of rotatable bonds is 4. The normalized spacial score (nSPS) is 20.8. The average Bonchev–Trinajstić information content (AvgIpc) is 2.14. The largest absolute Gasteiger partial charge is 0.315 e. The first-order valence-electron chi connectivity index (χ1n) is 6.40. The number of hydrogen-bond donors (Lipinski definition) is 1. The minimum atomic E-state index is 0.413. The minimum absolute atomic E-state index is 0.413. The number of nitrogens with one attached hydrogen (secondary N) is 1. The highest BCUT2D eigenvalue weighted by atomic mass is 15.1. The van der Waals surface area contributed by atoms with E-state index >= 15 is 0 Å². The van der Waals surface area contributed by atoms with Crippen LogP contribution < -0.4 is 5.32 Å². The van der Waals surface area contributed by atoms with E-state index in [0.29, 0.717) is 5.41 Å². The summed E-state index contributed by atoms with van der Waals surface area (Å²) in [7, 11) is 0. The third kappa shape index (κ3) is 6.16. The highest BCUT2D eigenvalue weighted by Gasteiger charge is 2.15. The SMILES string of the molecule is CC1CCN(CCNCC(C)(C)C)CC1. The Hall–Kier alpha value is -0.0800. The van der Waals surface area contributed by atoms with Crippen molar-refractivity contribution in [3.05, 3.63) is 0 Å². The van der Waals surface area contributed by atoms with Crippen LogP contribution in [0, 0.1) is 11.3 Å². The van der Waals surface area contributed by atoms with Gasteiger partial charge in [0.25, 0.3) is 0 Å². The van der Waals surface area contributed by atoms with Crippen LogP contribution in [0.1, 0.15) is 40.5 Å². The molecular formula is C13H28N2. The Morgan fingerprint density at radius 1 is 1.20 bits per heavy atom. The van der Waals surface area contributed by atoms with Gasteiger partial charge in [-0.1, -0.05) is 27.7 Å². The molecule has 0 aromatic rings. The summed E-state index contributed by atoms with van der Waals surface area (Å²) in [6.45, 7) is 15.3. The molecule has 1 N–H and O–H groups in total. The molecule has 0 radical (unpaired) electrons. The Bertz CT molecular complexity index is 164. The molecule has 0 atom stereocenters. The van der Waals surface area contributed by atoms with Crippen LogP contribution in [0.5, 0.6) is 0 Å². The second kappa shape index (κ2) is 5.86. The van der Waals surface area contributed by atoms with Crippen LogP contribution in [0.3, 0.4) is 0 Å². The van der Waals surface area contributed by atoms with Crippen LogP contribution in [0.4, 0.5) is 0 Å². The minimum Gasteiger partial charge on any atom is -0.315 e. The lowest BCUT2D eigenvalue weighted by Gasteiger charge is -2.30. The van der Waals surface area contributed by atoms with Gasteiger partial charge in [0, 0.05) is 19.6 Å². The summed E-state index contributed by atoms with van der Waals surface area (Å²) in [5.74, 6) is 0.948. The van der Waals surface area contributed by atoms with E-state index in [1.807, 2.05) is 0 Å². The van der Waals surface area contributed by atoms with Gasteiger partial charge < -0.3 is 10.2 Å². The summed E-state index contributed by atoms with van der Waals surface area (Å²) < 4.78 is 0. The lowest BCUT2D eigenvalue weighted by Crippen LogP contribution is -2.39. The van der Waals surface area contributed by atoms with Gasteiger partial charge in [0.15, 0.2) is 0 Å². The highest BCUT2D eigenvalue weighted by molar-refractivity contribution is 4.71. The number of piperidine rings is 1. The van der Waals surface area contributed by atoms with Crippen LogP contribution in [0.15, 0.2) is 0 Å². The molecule has 0 aliphatic carbocycles. The van der Waals surface area contributed by atoms with E-state index in [2.05, 4.69) is 37.9 Å². The monoisotopic (exact) mass is 212 g/mol. The van der Waals surface area contributed by atoms with E-state index < -0.39 is 0 Å². The van der Waals surface area contributed by atoms with Crippen LogP contribution in [-0.4, -0.2) is 37.6 Å². The van der Waals surface area contributed by atoms with Crippen molar-refractivity contribution < 1.29 is 0 Å². The zero-order valence-corrected chi connectivity index (χ0v) is 11.0. The van der Waals surface area contributed by atoms with E-state index in [1.165, 1.54) is 32.5 Å². The summed E-state index contributed by atoms with van der Waals surface area (Å²) in [6.07, 6.45) is 2.78. The zero-order valence-electron chi connectivity index (χ0n) is 11.0. The molecule has 2 heteroatoms. The number of hydrogen-bond acceptors (Lipinski definition) is 2. The predicted octanol–water partition coefficient (Wildman–Crippen LogP) is 2.35. The standard InChI is InChI=1S/C13H28N2/c1-12-5-8-15(9-6-12)10-7-14-11-13(2,3)4/h12,14H,5-11H2,1-4H3. The molecule has 0 aromatic carbocycles. The first-order valence-corrected chi connectivity index (χ1v) is 6.40. The highest BCUT2D eigenvalue weighted by Crippen LogP contribution is 2.15. The Labute approximate surface area is 95.4 Å². The Morgan fingerprint density at radius 3 is 2.33 bits per heavy atom. The van der Waals surface area contributed by atoms with Crippen molar-refractivity contribution in [1.29, 1.82) is 0 Å². The topological polar surface area (TPSA) is 15.3 Å². The fourth-order valence-electron chi connectivity index (χ4n) is 1.99. The number of nitrogens with zero attached hydrogens (tertiary/aromatic N) is 1. The van der Waals surface area contributed by atoms with Gasteiger partial charge in [0.05, 0.1) is 0 Å². The van der Waals surface area contributed by atoms with E-state index in [-0.39, 0.29) is 0 Å². The Balaban J connectivity index is 2.01. The lowest BCUT2D eigenvalue weighted by atomic mass is 9.97. The summed E-state index contributed by atoms with van der Waals surface area (Å²) in [6, 6.07) is 0. The van der Waals surface area contributed by atoms with Gasteiger partial charge in [0.2, 0.25) is 0 Å². The van der Waals surface area contributed by atoms with Crippen molar-refractivity contribution in [1.82, 2.24) is 10.2 Å². The molecule has 0 unspecified atom stereocenters. The molecule has 90 valence electrons. The molecule has 1 fully saturated rings. The van der Waals surface area contributed by atoms with Crippen molar-refractivity contribution in [2.24, 2.45) is 11.3 Å². The molecule has 0 bridgehead atoms. The fraction of sp³-hybridized carbons (Fsp3) is 1.00. The van der Waals surface area contributed by atoms with E-state index in [0.717, 1.165) is 19.0 Å². The average molecular weight is 212 g/mol. The smallest absolute Gasteiger partial charge is 0.0107 e. The third-order valence-corrected chi connectivity index (χ3v) is 3.14. The van der Waals surface area contributed by atoms with Crippen LogP contribution in [-0.2, 0) is 0 Å². The quantitative estimate of drug-likeness (QED) is 0.720. The molecule has 0 aromatic heterocycles. The van der Waals surface area contributed by atoms with Crippen LogP contribution in [0.25, 0.3) is 0 Å². The van der Waals surface area contributed by atoms with Gasteiger partial charge in [-0.2, -0.15) is 0 Å². The first kappa shape index (κ1) is 13.0. The maximum Gasteiger partial charge on any atom is 0.0107 e. The van der Waals surface area contributed by atoms with Crippen molar-refractivity contribution in [3.8, 4) is 0 Å². The fourth-order valence-corrected chi connectivity index (χ4v) is 1.99.